The number of hydrogen-bond donors (Lipinski definition) is 0. The molecule has 1 aromatic rings. The van der Waals surface area contributed by atoms with E-state index in [4.69, 9.17) is 0 Å². The third-order valence-electron chi connectivity index (χ3n) is 2.00. The van der Waals surface area contributed by atoms with Gasteiger partial charge in [0.15, 0.2) is 0 Å². The number of rotatable bonds is 4. The van der Waals surface area contributed by atoms with Crippen molar-refractivity contribution in [3.05, 3.63) is 45.0 Å². The van der Waals surface area contributed by atoms with E-state index < -0.39 is 0 Å². The van der Waals surface area contributed by atoms with E-state index in [0.29, 0.717) is 0 Å². The fourth-order valence-corrected chi connectivity index (χ4v) is 1.89. The molecule has 1 rings (SSSR count). The average Bonchev–Trinajstić information content (AvgIpc) is 2.18. The van der Waals surface area contributed by atoms with Crippen molar-refractivity contribution in [2.45, 2.75) is 19.8 Å². The summed E-state index contributed by atoms with van der Waals surface area (Å²) in [7, 11) is 0. The molecule has 0 atom stereocenters. The maximum Gasteiger partial charge on any atom is 0.0130 e. The molecule has 0 N–H and O–H groups in total. The highest BCUT2D eigenvalue weighted by molar-refractivity contribution is 14.1. The summed E-state index contributed by atoms with van der Waals surface area (Å²) in [5, 5.41) is 1.05. The van der Waals surface area contributed by atoms with Crippen LogP contribution in [0.3, 0.4) is 0 Å². The van der Waals surface area contributed by atoms with Crippen molar-refractivity contribution >= 4 is 38.5 Å². The van der Waals surface area contributed by atoms with Gasteiger partial charge in [-0.05, 0) is 60.1 Å². The molecule has 0 fully saturated rings. The van der Waals surface area contributed by atoms with Crippen LogP contribution in [-0.2, 0) is 6.42 Å². The van der Waals surface area contributed by atoms with E-state index in [2.05, 4.69) is 75.8 Å². The molecular formula is C12H14BrI. The first-order valence-electron chi connectivity index (χ1n) is 4.68. The molecule has 0 aliphatic rings. The Kier molecular flexibility index (Phi) is 5.78. The third kappa shape index (κ3) is 4.60. The standard InChI is InChI=1S/C12H14BrI/c1-10(3-2-8-13)9-11-4-6-12(14)7-5-11/h3-7H,2,8-9H2,1H3. The van der Waals surface area contributed by atoms with Gasteiger partial charge in [0.1, 0.15) is 0 Å². The number of benzene rings is 1. The van der Waals surface area contributed by atoms with Crippen LogP contribution in [0.25, 0.3) is 0 Å². The highest BCUT2D eigenvalue weighted by Crippen LogP contribution is 2.11. The van der Waals surface area contributed by atoms with Crippen molar-refractivity contribution in [2.24, 2.45) is 0 Å². The van der Waals surface area contributed by atoms with Crippen LogP contribution in [0.4, 0.5) is 0 Å². The first-order valence-corrected chi connectivity index (χ1v) is 6.88. The lowest BCUT2D eigenvalue weighted by Gasteiger charge is -2.01. The molecule has 2 heteroatoms. The first kappa shape index (κ1) is 12.2. The van der Waals surface area contributed by atoms with Crippen molar-refractivity contribution in [3.63, 3.8) is 0 Å². The number of hydrogen-bond acceptors (Lipinski definition) is 0. The SMILES string of the molecule is CC(=CCCBr)Cc1ccc(I)cc1. The summed E-state index contributed by atoms with van der Waals surface area (Å²) in [5.74, 6) is 0. The van der Waals surface area contributed by atoms with Crippen LogP contribution in [0.1, 0.15) is 18.9 Å². The Morgan fingerprint density at radius 2 is 2.00 bits per heavy atom. The molecule has 0 nitrogen and oxygen atoms in total. The van der Waals surface area contributed by atoms with Crippen molar-refractivity contribution < 1.29 is 0 Å². The van der Waals surface area contributed by atoms with E-state index in [0.717, 1.165) is 18.2 Å². The van der Waals surface area contributed by atoms with E-state index in [1.807, 2.05) is 0 Å². The minimum atomic E-state index is 1.05. The Morgan fingerprint density at radius 1 is 1.36 bits per heavy atom. The summed E-state index contributed by atoms with van der Waals surface area (Å²) in [6, 6.07) is 8.72. The van der Waals surface area contributed by atoms with Crippen LogP contribution >= 0.6 is 38.5 Å². The van der Waals surface area contributed by atoms with E-state index >= 15 is 0 Å². The molecule has 0 amide bonds. The van der Waals surface area contributed by atoms with Gasteiger partial charge in [0, 0.05) is 8.90 Å². The summed E-state index contributed by atoms with van der Waals surface area (Å²) in [6.45, 7) is 2.20. The second-order valence-electron chi connectivity index (χ2n) is 3.33. The highest BCUT2D eigenvalue weighted by Gasteiger charge is 1.94. The summed E-state index contributed by atoms with van der Waals surface area (Å²) in [4.78, 5) is 0. The summed E-state index contributed by atoms with van der Waals surface area (Å²) in [6.07, 6.45) is 4.49. The maximum atomic E-state index is 3.43. The molecule has 0 spiro atoms. The molecule has 0 radical (unpaired) electrons. The average molecular weight is 365 g/mol. The smallest absolute Gasteiger partial charge is 0.0130 e. The lowest BCUT2D eigenvalue weighted by molar-refractivity contribution is 1.10. The Balaban J connectivity index is 2.56. The van der Waals surface area contributed by atoms with Gasteiger partial charge in [0.2, 0.25) is 0 Å². The predicted molar refractivity (Wildman–Crippen MR) is 75.0 cm³/mol. The monoisotopic (exact) mass is 364 g/mol. The quantitative estimate of drug-likeness (QED) is 0.417. The lowest BCUT2D eigenvalue weighted by atomic mass is 10.1. The van der Waals surface area contributed by atoms with E-state index in [9.17, 15) is 0 Å². The van der Waals surface area contributed by atoms with Gasteiger partial charge in [-0.25, -0.2) is 0 Å². The predicted octanol–water partition coefficient (Wildman–Crippen LogP) is 4.57. The molecule has 0 heterocycles. The fraction of sp³-hybridized carbons (Fsp3) is 0.333. The van der Waals surface area contributed by atoms with Crippen molar-refractivity contribution in [2.75, 3.05) is 5.33 Å². The molecule has 0 saturated carbocycles. The highest BCUT2D eigenvalue weighted by atomic mass is 127. The molecule has 1 aromatic carbocycles. The van der Waals surface area contributed by atoms with Gasteiger partial charge in [0.05, 0.1) is 0 Å². The number of allylic oxidation sites excluding steroid dienone is 2. The Bertz CT molecular complexity index is 301. The molecule has 0 aromatic heterocycles. The van der Waals surface area contributed by atoms with Gasteiger partial charge in [-0.3, -0.25) is 0 Å². The Morgan fingerprint density at radius 3 is 2.57 bits per heavy atom. The topological polar surface area (TPSA) is 0 Å². The largest absolute Gasteiger partial charge is 0.0925 e. The Labute approximate surface area is 108 Å². The first-order chi connectivity index (χ1) is 6.72. The molecule has 0 bridgehead atoms. The number of halogens is 2. The fourth-order valence-electron chi connectivity index (χ4n) is 1.30. The molecule has 0 saturated heterocycles. The van der Waals surface area contributed by atoms with Crippen LogP contribution in [0, 0.1) is 3.57 Å². The van der Waals surface area contributed by atoms with E-state index in [1.165, 1.54) is 14.7 Å². The van der Waals surface area contributed by atoms with Gasteiger partial charge < -0.3 is 0 Å². The zero-order valence-corrected chi connectivity index (χ0v) is 12.0. The van der Waals surface area contributed by atoms with E-state index in [1.54, 1.807) is 0 Å². The minimum Gasteiger partial charge on any atom is -0.0925 e. The van der Waals surface area contributed by atoms with E-state index in [-0.39, 0.29) is 0 Å². The van der Waals surface area contributed by atoms with Crippen molar-refractivity contribution in [1.82, 2.24) is 0 Å². The van der Waals surface area contributed by atoms with Crippen LogP contribution in [0.5, 0.6) is 0 Å². The third-order valence-corrected chi connectivity index (χ3v) is 3.18. The normalized spacial score (nSPS) is 11.8. The van der Waals surface area contributed by atoms with Gasteiger partial charge in [-0.15, -0.1) is 0 Å². The lowest BCUT2D eigenvalue weighted by Crippen LogP contribution is -1.87. The van der Waals surface area contributed by atoms with Crippen molar-refractivity contribution in [1.29, 1.82) is 0 Å². The second-order valence-corrected chi connectivity index (χ2v) is 5.37. The maximum absolute atomic E-state index is 3.43. The zero-order valence-electron chi connectivity index (χ0n) is 8.26. The van der Waals surface area contributed by atoms with Crippen molar-refractivity contribution in [3.8, 4) is 0 Å². The van der Waals surface area contributed by atoms with Gasteiger partial charge >= 0.3 is 0 Å². The molecule has 0 aliphatic carbocycles. The summed E-state index contributed by atoms with van der Waals surface area (Å²) >= 11 is 5.76. The second kappa shape index (κ2) is 6.62. The van der Waals surface area contributed by atoms with Crippen LogP contribution in [0.2, 0.25) is 0 Å². The molecule has 14 heavy (non-hydrogen) atoms. The molecule has 0 unspecified atom stereocenters. The minimum absolute atomic E-state index is 1.05. The van der Waals surface area contributed by atoms with Gasteiger partial charge in [-0.1, -0.05) is 39.7 Å². The van der Waals surface area contributed by atoms with Gasteiger partial charge in [-0.2, -0.15) is 0 Å². The molecular weight excluding hydrogens is 351 g/mol. The Hall–Kier alpha value is 0.170. The molecule has 0 aliphatic heterocycles. The summed E-state index contributed by atoms with van der Waals surface area (Å²) < 4.78 is 1.30. The van der Waals surface area contributed by atoms with Crippen LogP contribution in [0.15, 0.2) is 35.9 Å². The summed E-state index contributed by atoms with van der Waals surface area (Å²) in [5.41, 5.74) is 2.85. The van der Waals surface area contributed by atoms with Gasteiger partial charge in [0.25, 0.3) is 0 Å². The zero-order chi connectivity index (χ0) is 10.4. The molecule has 76 valence electrons. The number of alkyl halides is 1. The van der Waals surface area contributed by atoms with Crippen LogP contribution in [-0.4, -0.2) is 5.33 Å². The van der Waals surface area contributed by atoms with Crippen LogP contribution < -0.4 is 0 Å².